The van der Waals surface area contributed by atoms with Crippen LogP contribution in [-0.2, 0) is 14.8 Å². The molecule has 122 valence electrons. The zero-order chi connectivity index (χ0) is 16.8. The van der Waals surface area contributed by atoms with Crippen LogP contribution in [0.3, 0.4) is 0 Å². The minimum absolute atomic E-state index is 0.0177. The van der Waals surface area contributed by atoms with Crippen LogP contribution in [0.2, 0.25) is 0 Å². The van der Waals surface area contributed by atoms with E-state index in [1.54, 1.807) is 18.3 Å². The van der Waals surface area contributed by atoms with Gasteiger partial charge in [0, 0.05) is 23.7 Å². The second-order valence-corrected chi connectivity index (χ2v) is 8.41. The Morgan fingerprint density at radius 1 is 1.39 bits per heavy atom. The molecule has 2 atom stereocenters. The maximum atomic E-state index is 12.5. The van der Waals surface area contributed by atoms with Crippen molar-refractivity contribution in [2.24, 2.45) is 0 Å². The summed E-state index contributed by atoms with van der Waals surface area (Å²) in [5.74, 6) is -0.618. The fourth-order valence-electron chi connectivity index (χ4n) is 2.53. The van der Waals surface area contributed by atoms with Crippen molar-refractivity contribution in [3.8, 4) is 0 Å². The third kappa shape index (κ3) is 2.65. The summed E-state index contributed by atoms with van der Waals surface area (Å²) in [6.45, 7) is 1.84. The van der Waals surface area contributed by atoms with Crippen LogP contribution in [0.25, 0.3) is 0 Å². The number of rotatable bonds is 2. The summed E-state index contributed by atoms with van der Waals surface area (Å²) in [6.07, 6.45) is 0.355. The van der Waals surface area contributed by atoms with Gasteiger partial charge in [-0.05, 0) is 13.0 Å². The molecule has 1 aromatic heterocycles. The summed E-state index contributed by atoms with van der Waals surface area (Å²) in [7, 11) is -2.56. The van der Waals surface area contributed by atoms with Gasteiger partial charge in [-0.2, -0.15) is 4.31 Å². The highest BCUT2D eigenvalue weighted by atomic mass is 32.2. The summed E-state index contributed by atoms with van der Waals surface area (Å²) in [4.78, 5) is 17.4. The zero-order valence-corrected chi connectivity index (χ0v) is 14.1. The average molecular weight is 353 g/mol. The highest BCUT2D eigenvalue weighted by Gasteiger charge is 2.45. The molecule has 1 amide bonds. The number of hydrogen-bond donors (Lipinski definition) is 2. The molecule has 2 unspecified atom stereocenters. The van der Waals surface area contributed by atoms with Crippen molar-refractivity contribution in [1.82, 2.24) is 9.29 Å². The van der Waals surface area contributed by atoms with E-state index in [0.717, 1.165) is 9.18 Å². The molecular formula is C14H15N3O4S2. The normalized spacial score (nSPS) is 23.3. The van der Waals surface area contributed by atoms with Crippen molar-refractivity contribution in [3.63, 3.8) is 0 Å². The number of carbonyl (C=O) groups excluding carboxylic acids is 1. The molecule has 2 heterocycles. The van der Waals surface area contributed by atoms with Gasteiger partial charge in [0.05, 0.1) is 4.90 Å². The maximum Gasteiger partial charge on any atom is 0.247 e. The van der Waals surface area contributed by atoms with E-state index in [4.69, 9.17) is 0 Å². The SMILES string of the molecule is Cc1cnc(NC(=O)C2C(O)c3ccccc3S(=O)(=O)N2C)s1. The lowest BCUT2D eigenvalue weighted by molar-refractivity contribution is -0.123. The first kappa shape index (κ1) is 16.1. The van der Waals surface area contributed by atoms with Crippen LogP contribution < -0.4 is 5.32 Å². The molecule has 0 saturated carbocycles. The summed E-state index contributed by atoms with van der Waals surface area (Å²) < 4.78 is 26.0. The van der Waals surface area contributed by atoms with Gasteiger partial charge in [-0.15, -0.1) is 11.3 Å². The highest BCUT2D eigenvalue weighted by molar-refractivity contribution is 7.89. The van der Waals surface area contributed by atoms with Gasteiger partial charge < -0.3 is 10.4 Å². The van der Waals surface area contributed by atoms with Crippen LogP contribution >= 0.6 is 11.3 Å². The number of anilines is 1. The first-order chi connectivity index (χ1) is 10.8. The molecule has 7 nitrogen and oxygen atoms in total. The third-order valence-electron chi connectivity index (χ3n) is 3.71. The number of hydrogen-bond acceptors (Lipinski definition) is 6. The Hall–Kier alpha value is -1.81. The Balaban J connectivity index is 1.98. The standard InChI is InChI=1S/C14H15N3O4S2/c1-8-7-15-14(22-8)16-13(19)11-12(18)9-5-3-4-6-10(9)23(20,21)17(11)2/h3-7,11-12,18H,1-2H3,(H,15,16,19). The number of likely N-dealkylation sites (N-methyl/N-ethyl adjacent to an activating group) is 1. The van der Waals surface area contributed by atoms with E-state index in [2.05, 4.69) is 10.3 Å². The van der Waals surface area contributed by atoms with Gasteiger partial charge in [0.15, 0.2) is 5.13 Å². The predicted octanol–water partition coefficient (Wildman–Crippen LogP) is 1.13. The predicted molar refractivity (Wildman–Crippen MR) is 85.6 cm³/mol. The molecule has 2 aromatic rings. The summed E-state index contributed by atoms with van der Waals surface area (Å²) >= 11 is 1.28. The summed E-state index contributed by atoms with van der Waals surface area (Å²) in [5, 5.41) is 13.4. The fourth-order valence-corrected chi connectivity index (χ4v) is 4.76. The molecule has 0 fully saturated rings. The first-order valence-electron chi connectivity index (χ1n) is 6.80. The van der Waals surface area contributed by atoms with Crippen molar-refractivity contribution in [2.75, 3.05) is 12.4 Å². The van der Waals surface area contributed by atoms with E-state index in [-0.39, 0.29) is 10.5 Å². The molecule has 9 heteroatoms. The average Bonchev–Trinajstić information content (AvgIpc) is 2.91. The molecule has 2 N–H and O–H groups in total. The molecule has 0 aliphatic carbocycles. The Labute approximate surface area is 137 Å². The summed E-state index contributed by atoms with van der Waals surface area (Å²) in [5.41, 5.74) is 0.223. The van der Waals surface area contributed by atoms with Gasteiger partial charge in [0.25, 0.3) is 0 Å². The van der Waals surface area contributed by atoms with Crippen LogP contribution in [0, 0.1) is 6.92 Å². The largest absolute Gasteiger partial charge is 0.386 e. The van der Waals surface area contributed by atoms with Crippen molar-refractivity contribution < 1.29 is 18.3 Å². The lowest BCUT2D eigenvalue weighted by atomic mass is 10.0. The molecule has 0 spiro atoms. The van der Waals surface area contributed by atoms with Crippen molar-refractivity contribution in [3.05, 3.63) is 40.9 Å². The molecule has 1 aromatic carbocycles. The number of sulfonamides is 1. The van der Waals surface area contributed by atoms with E-state index in [9.17, 15) is 18.3 Å². The van der Waals surface area contributed by atoms with Gasteiger partial charge in [-0.3, -0.25) is 4.79 Å². The highest BCUT2D eigenvalue weighted by Crippen LogP contribution is 2.36. The van der Waals surface area contributed by atoms with E-state index in [1.165, 1.54) is 30.5 Å². The molecule has 1 aliphatic rings. The molecule has 3 rings (SSSR count). The van der Waals surface area contributed by atoms with E-state index in [0.29, 0.717) is 5.13 Å². The van der Waals surface area contributed by atoms with Gasteiger partial charge in [0.2, 0.25) is 15.9 Å². The van der Waals surface area contributed by atoms with E-state index in [1.807, 2.05) is 6.92 Å². The number of benzene rings is 1. The molecule has 0 radical (unpaired) electrons. The number of aromatic nitrogens is 1. The van der Waals surface area contributed by atoms with Crippen molar-refractivity contribution >= 4 is 32.4 Å². The number of nitrogens with zero attached hydrogens (tertiary/aromatic N) is 2. The zero-order valence-electron chi connectivity index (χ0n) is 12.4. The summed E-state index contributed by atoms with van der Waals surface area (Å²) in [6, 6.07) is 4.89. The number of fused-ring (bicyclic) bond motifs is 1. The van der Waals surface area contributed by atoms with Crippen LogP contribution in [0.1, 0.15) is 16.5 Å². The van der Waals surface area contributed by atoms with E-state index < -0.39 is 28.1 Å². The monoisotopic (exact) mass is 353 g/mol. The Kier molecular flexibility index (Phi) is 3.96. The smallest absolute Gasteiger partial charge is 0.247 e. The minimum Gasteiger partial charge on any atom is -0.386 e. The number of aryl methyl sites for hydroxylation is 1. The first-order valence-corrected chi connectivity index (χ1v) is 9.06. The van der Waals surface area contributed by atoms with Gasteiger partial charge in [-0.1, -0.05) is 18.2 Å². The molecule has 0 bridgehead atoms. The number of nitrogens with one attached hydrogen (secondary N) is 1. The Bertz CT molecular complexity index is 862. The lowest BCUT2D eigenvalue weighted by Gasteiger charge is -2.35. The third-order valence-corrected chi connectivity index (χ3v) is 6.45. The number of amides is 1. The van der Waals surface area contributed by atoms with Gasteiger partial charge in [0.1, 0.15) is 12.1 Å². The maximum absolute atomic E-state index is 12.5. The van der Waals surface area contributed by atoms with Crippen molar-refractivity contribution in [1.29, 1.82) is 0 Å². The van der Waals surface area contributed by atoms with Crippen molar-refractivity contribution in [2.45, 2.75) is 24.0 Å². The Morgan fingerprint density at radius 3 is 2.74 bits per heavy atom. The molecule has 1 aliphatic heterocycles. The van der Waals surface area contributed by atoms with Gasteiger partial charge in [-0.25, -0.2) is 13.4 Å². The second-order valence-electron chi connectivity index (χ2n) is 5.21. The molecular weight excluding hydrogens is 338 g/mol. The lowest BCUT2D eigenvalue weighted by Crippen LogP contribution is -2.51. The number of aliphatic hydroxyl groups is 1. The van der Waals surface area contributed by atoms with Crippen LogP contribution in [-0.4, -0.2) is 41.8 Å². The minimum atomic E-state index is -3.84. The van der Waals surface area contributed by atoms with Crippen LogP contribution in [0.4, 0.5) is 5.13 Å². The number of thiazole rings is 1. The van der Waals surface area contributed by atoms with Crippen LogP contribution in [0.5, 0.6) is 0 Å². The Morgan fingerprint density at radius 2 is 2.09 bits per heavy atom. The fraction of sp³-hybridized carbons (Fsp3) is 0.286. The molecule has 0 saturated heterocycles. The second kappa shape index (κ2) is 5.68. The quantitative estimate of drug-likeness (QED) is 0.843. The molecule has 23 heavy (non-hydrogen) atoms. The van der Waals surface area contributed by atoms with Gasteiger partial charge >= 0.3 is 0 Å². The number of carbonyl (C=O) groups is 1. The number of aliphatic hydroxyl groups excluding tert-OH is 1. The van der Waals surface area contributed by atoms with Crippen LogP contribution in [0.15, 0.2) is 35.4 Å². The van der Waals surface area contributed by atoms with E-state index >= 15 is 0 Å². The topological polar surface area (TPSA) is 99.6 Å².